The van der Waals surface area contributed by atoms with Crippen LogP contribution in [-0.4, -0.2) is 16.8 Å². The van der Waals surface area contributed by atoms with Gasteiger partial charge in [-0.05, 0) is 35.9 Å². The van der Waals surface area contributed by atoms with Crippen LogP contribution in [0.25, 0.3) is 6.08 Å². The number of carbonyl (C=O) groups is 1. The van der Waals surface area contributed by atoms with Gasteiger partial charge in [0, 0.05) is 10.6 Å². The molecule has 0 aromatic heterocycles. The van der Waals surface area contributed by atoms with Crippen LogP contribution in [0.1, 0.15) is 5.56 Å². The Morgan fingerprint density at radius 2 is 2.32 bits per heavy atom. The molecule has 19 heavy (non-hydrogen) atoms. The Balaban J connectivity index is 1.93. The molecule has 0 aliphatic carbocycles. The van der Waals surface area contributed by atoms with Gasteiger partial charge in [-0.1, -0.05) is 35.6 Å². The number of nitrogens with one attached hydrogen (secondary N) is 1. The summed E-state index contributed by atoms with van der Waals surface area (Å²) < 4.78 is 6.10. The predicted octanol–water partition coefficient (Wildman–Crippen LogP) is 3.15. The number of hydrogen-bond donors (Lipinski definition) is 1. The highest BCUT2D eigenvalue weighted by molar-refractivity contribution is 8.26. The fourth-order valence-electron chi connectivity index (χ4n) is 1.84. The molecule has 2 aliphatic heterocycles. The van der Waals surface area contributed by atoms with Crippen LogP contribution in [-0.2, 0) is 4.79 Å². The van der Waals surface area contributed by atoms with Crippen LogP contribution in [0, 0.1) is 0 Å². The molecule has 6 heteroatoms. The molecule has 0 unspecified atom stereocenters. The van der Waals surface area contributed by atoms with Gasteiger partial charge in [0.1, 0.15) is 16.7 Å². The molecule has 0 radical (unpaired) electrons. The number of amides is 1. The summed E-state index contributed by atoms with van der Waals surface area (Å²) in [6.45, 7) is 0.429. The highest BCUT2D eigenvalue weighted by atomic mass is 35.5. The van der Waals surface area contributed by atoms with Crippen molar-refractivity contribution in [3.8, 4) is 5.75 Å². The minimum Gasteiger partial charge on any atom is -0.488 e. The molecule has 0 bridgehead atoms. The zero-order valence-electron chi connectivity index (χ0n) is 9.60. The van der Waals surface area contributed by atoms with E-state index in [9.17, 15) is 4.79 Å². The fraction of sp³-hybridized carbons (Fsp3) is 0.0769. The van der Waals surface area contributed by atoms with Crippen molar-refractivity contribution in [3.05, 3.63) is 45.3 Å². The molecular weight excluding hydrogens is 302 g/mol. The Morgan fingerprint density at radius 3 is 3.05 bits per heavy atom. The predicted molar refractivity (Wildman–Crippen MR) is 81.3 cm³/mol. The lowest BCUT2D eigenvalue weighted by Gasteiger charge is -2.16. The van der Waals surface area contributed by atoms with E-state index in [1.165, 1.54) is 11.8 Å². The van der Waals surface area contributed by atoms with E-state index in [0.717, 1.165) is 16.9 Å². The number of halogens is 1. The molecule has 1 amide bonds. The lowest BCUT2D eigenvalue weighted by atomic mass is 10.1. The number of fused-ring (bicyclic) bond motifs is 1. The smallest absolute Gasteiger partial charge is 0.263 e. The SMILES string of the molecule is O=C1NC(=S)SC1=CC1=Cc2cc(Cl)ccc2OC1. The lowest BCUT2D eigenvalue weighted by molar-refractivity contribution is -0.115. The molecule has 3 nitrogen and oxygen atoms in total. The van der Waals surface area contributed by atoms with Crippen molar-refractivity contribution in [1.29, 1.82) is 0 Å². The summed E-state index contributed by atoms with van der Waals surface area (Å²) >= 11 is 12.2. The maximum Gasteiger partial charge on any atom is 0.263 e. The van der Waals surface area contributed by atoms with Crippen LogP contribution < -0.4 is 10.1 Å². The first kappa shape index (κ1) is 12.7. The van der Waals surface area contributed by atoms with Crippen molar-refractivity contribution >= 4 is 51.9 Å². The third-order valence-electron chi connectivity index (χ3n) is 2.67. The van der Waals surface area contributed by atoms with E-state index in [1.807, 2.05) is 18.2 Å². The van der Waals surface area contributed by atoms with E-state index >= 15 is 0 Å². The van der Waals surface area contributed by atoms with Crippen LogP contribution in [0.15, 0.2) is 34.8 Å². The van der Waals surface area contributed by atoms with E-state index in [0.29, 0.717) is 20.9 Å². The van der Waals surface area contributed by atoms with Gasteiger partial charge in [-0.2, -0.15) is 0 Å². The second-order valence-corrected chi connectivity index (χ2v) is 6.20. The number of thiocarbonyl (C=S) groups is 1. The molecule has 2 heterocycles. The Labute approximate surface area is 124 Å². The second-order valence-electron chi connectivity index (χ2n) is 4.04. The largest absolute Gasteiger partial charge is 0.488 e. The molecule has 1 fully saturated rings. The summed E-state index contributed by atoms with van der Waals surface area (Å²) in [5, 5.41) is 3.24. The first-order chi connectivity index (χ1) is 9.11. The molecule has 1 N–H and O–H groups in total. The molecule has 2 aliphatic rings. The topological polar surface area (TPSA) is 38.3 Å². The van der Waals surface area contributed by atoms with Gasteiger partial charge in [-0.15, -0.1) is 0 Å². The molecule has 1 aromatic carbocycles. The first-order valence-corrected chi connectivity index (χ1v) is 7.10. The summed E-state index contributed by atoms with van der Waals surface area (Å²) in [6.07, 6.45) is 3.76. The average Bonchev–Trinajstić information content (AvgIpc) is 2.67. The maximum absolute atomic E-state index is 11.6. The Hall–Kier alpha value is -1.30. The molecule has 96 valence electrons. The van der Waals surface area contributed by atoms with E-state index in [1.54, 1.807) is 12.1 Å². The minimum absolute atomic E-state index is 0.159. The monoisotopic (exact) mass is 309 g/mol. The van der Waals surface area contributed by atoms with Gasteiger partial charge < -0.3 is 10.1 Å². The first-order valence-electron chi connectivity index (χ1n) is 5.49. The summed E-state index contributed by atoms with van der Waals surface area (Å²) in [6, 6.07) is 5.46. The number of carbonyl (C=O) groups excluding carboxylic acids is 1. The number of hydrogen-bond acceptors (Lipinski definition) is 4. The summed E-state index contributed by atoms with van der Waals surface area (Å²) in [7, 11) is 0. The lowest BCUT2D eigenvalue weighted by Crippen LogP contribution is -2.18. The van der Waals surface area contributed by atoms with Crippen molar-refractivity contribution < 1.29 is 9.53 Å². The number of thioether (sulfide) groups is 1. The molecule has 1 saturated heterocycles. The molecular formula is C13H8ClNO2S2. The summed E-state index contributed by atoms with van der Waals surface area (Å²) in [5.41, 5.74) is 1.83. The second kappa shape index (κ2) is 5.00. The van der Waals surface area contributed by atoms with E-state index in [4.69, 9.17) is 28.6 Å². The van der Waals surface area contributed by atoms with Crippen LogP contribution in [0.3, 0.4) is 0 Å². The third-order valence-corrected chi connectivity index (χ3v) is 4.06. The maximum atomic E-state index is 11.6. The highest BCUT2D eigenvalue weighted by Gasteiger charge is 2.23. The van der Waals surface area contributed by atoms with Gasteiger partial charge >= 0.3 is 0 Å². The van der Waals surface area contributed by atoms with Gasteiger partial charge in [0.15, 0.2) is 0 Å². The Kier molecular flexibility index (Phi) is 3.35. The summed E-state index contributed by atoms with van der Waals surface area (Å²) in [4.78, 5) is 12.2. The third kappa shape index (κ3) is 2.68. The van der Waals surface area contributed by atoms with Gasteiger partial charge in [0.05, 0.1) is 4.91 Å². The molecule has 0 atom stereocenters. The Bertz CT molecular complexity index is 652. The van der Waals surface area contributed by atoms with Gasteiger partial charge in [-0.25, -0.2) is 0 Å². The number of ether oxygens (including phenoxy) is 1. The molecule has 1 aromatic rings. The van der Waals surface area contributed by atoms with Crippen LogP contribution in [0.2, 0.25) is 5.02 Å². The molecule has 0 spiro atoms. The van der Waals surface area contributed by atoms with Crippen molar-refractivity contribution in [1.82, 2.24) is 5.32 Å². The van der Waals surface area contributed by atoms with Gasteiger partial charge in [0.2, 0.25) is 0 Å². The summed E-state index contributed by atoms with van der Waals surface area (Å²) in [5.74, 6) is 0.637. The van der Waals surface area contributed by atoms with E-state index in [2.05, 4.69) is 5.32 Å². The normalized spacial score (nSPS) is 19.8. The Morgan fingerprint density at radius 1 is 1.47 bits per heavy atom. The standard InChI is InChI=1S/C13H8ClNO2S2/c14-9-1-2-10-8(5-9)3-7(6-17-10)4-11-12(16)15-13(18)19-11/h1-5H,6H2,(H,15,16,18). The van der Waals surface area contributed by atoms with Crippen molar-refractivity contribution in [2.24, 2.45) is 0 Å². The van der Waals surface area contributed by atoms with Gasteiger partial charge in [0.25, 0.3) is 5.91 Å². The number of rotatable bonds is 1. The highest BCUT2D eigenvalue weighted by Crippen LogP contribution is 2.31. The average molecular weight is 310 g/mol. The van der Waals surface area contributed by atoms with Gasteiger partial charge in [-0.3, -0.25) is 4.79 Å². The fourth-order valence-corrected chi connectivity index (χ4v) is 3.08. The van der Waals surface area contributed by atoms with Crippen molar-refractivity contribution in [2.45, 2.75) is 0 Å². The quantitative estimate of drug-likeness (QED) is 0.639. The van der Waals surface area contributed by atoms with Crippen molar-refractivity contribution in [2.75, 3.05) is 6.61 Å². The zero-order valence-corrected chi connectivity index (χ0v) is 12.0. The van der Waals surface area contributed by atoms with E-state index in [-0.39, 0.29) is 5.91 Å². The molecule has 0 saturated carbocycles. The van der Waals surface area contributed by atoms with Crippen molar-refractivity contribution in [3.63, 3.8) is 0 Å². The minimum atomic E-state index is -0.159. The van der Waals surface area contributed by atoms with Crippen LogP contribution >= 0.6 is 35.6 Å². The number of benzene rings is 1. The van der Waals surface area contributed by atoms with Crippen LogP contribution in [0.5, 0.6) is 5.75 Å². The zero-order chi connectivity index (χ0) is 13.4. The molecule has 3 rings (SSSR count). The van der Waals surface area contributed by atoms with E-state index < -0.39 is 0 Å². The van der Waals surface area contributed by atoms with Crippen LogP contribution in [0.4, 0.5) is 0 Å².